The zero-order valence-corrected chi connectivity index (χ0v) is 17.5. The van der Waals surface area contributed by atoms with Crippen LogP contribution in [0.3, 0.4) is 0 Å². The molecule has 1 aliphatic rings. The molecule has 6 nitrogen and oxygen atoms in total. The fourth-order valence-electron chi connectivity index (χ4n) is 3.26. The first kappa shape index (κ1) is 20.8. The van der Waals surface area contributed by atoms with Gasteiger partial charge in [0.15, 0.2) is 4.80 Å². The van der Waals surface area contributed by atoms with Gasteiger partial charge >= 0.3 is 5.97 Å². The molecule has 0 N–H and O–H groups in total. The molecule has 0 aliphatic carbocycles. The van der Waals surface area contributed by atoms with Crippen molar-refractivity contribution in [2.75, 3.05) is 39.5 Å². The summed E-state index contributed by atoms with van der Waals surface area (Å²) in [7, 11) is 0. The largest absolute Gasteiger partial charge is 0.466 e. The molecule has 1 aliphatic heterocycles. The Balaban J connectivity index is 1.79. The average Bonchev–Trinajstić information content (AvgIpc) is 3.06. The molecule has 0 spiro atoms. The summed E-state index contributed by atoms with van der Waals surface area (Å²) in [5, 5.41) is 2.03. The second-order valence-corrected chi connectivity index (χ2v) is 7.69. The summed E-state index contributed by atoms with van der Waals surface area (Å²) in [5.74, 6) is -0.190. The summed E-state index contributed by atoms with van der Waals surface area (Å²) in [5.41, 5.74) is 3.08. The van der Waals surface area contributed by atoms with Crippen molar-refractivity contribution in [2.24, 2.45) is 4.99 Å². The molecular weight excluding hydrogens is 374 g/mol. The van der Waals surface area contributed by atoms with Gasteiger partial charge in [0.25, 0.3) is 0 Å². The molecule has 7 heteroatoms. The van der Waals surface area contributed by atoms with Crippen molar-refractivity contribution in [2.45, 2.75) is 33.2 Å². The van der Waals surface area contributed by atoms with Crippen molar-refractivity contribution in [3.8, 4) is 0 Å². The predicted octanol–water partition coefficient (Wildman–Crippen LogP) is 2.92. The second kappa shape index (κ2) is 10.5. The number of rotatable bonds is 8. The average molecular weight is 404 g/mol. The Morgan fingerprint density at radius 2 is 2.04 bits per heavy atom. The molecular formula is C21H29N3O3S. The Kier molecular flexibility index (Phi) is 7.82. The van der Waals surface area contributed by atoms with E-state index in [1.165, 1.54) is 0 Å². The number of benzene rings is 1. The molecule has 1 saturated heterocycles. The highest BCUT2D eigenvalue weighted by molar-refractivity contribution is 7.07. The maximum Gasteiger partial charge on any atom is 0.311 e. The van der Waals surface area contributed by atoms with Crippen LogP contribution >= 0.6 is 11.3 Å². The van der Waals surface area contributed by atoms with Gasteiger partial charge in [-0.05, 0) is 31.9 Å². The zero-order valence-electron chi connectivity index (χ0n) is 16.7. The van der Waals surface area contributed by atoms with E-state index in [4.69, 9.17) is 14.5 Å². The SMILES string of the molecule is CCOC(=O)Cc1csc(=Nc2ccccc2C)n1CCCN1CCOCC1. The first-order chi connectivity index (χ1) is 13.7. The number of para-hydroxylation sites is 1. The zero-order chi connectivity index (χ0) is 19.8. The van der Waals surface area contributed by atoms with E-state index in [1.807, 2.05) is 30.5 Å². The van der Waals surface area contributed by atoms with E-state index in [0.717, 1.165) is 67.6 Å². The molecule has 0 amide bonds. The number of carbonyl (C=O) groups is 1. The molecule has 0 atom stereocenters. The normalized spacial score (nSPS) is 15.7. The number of hydrogen-bond donors (Lipinski definition) is 0. The minimum atomic E-state index is -0.190. The lowest BCUT2D eigenvalue weighted by atomic mass is 10.2. The third-order valence-electron chi connectivity index (χ3n) is 4.80. The highest BCUT2D eigenvalue weighted by Crippen LogP contribution is 2.17. The number of hydrogen-bond acceptors (Lipinski definition) is 6. The van der Waals surface area contributed by atoms with E-state index < -0.39 is 0 Å². The molecule has 0 unspecified atom stereocenters. The van der Waals surface area contributed by atoms with Crippen LogP contribution in [0.25, 0.3) is 0 Å². The summed E-state index contributed by atoms with van der Waals surface area (Å²) >= 11 is 1.58. The Hall–Kier alpha value is -1.96. The highest BCUT2D eigenvalue weighted by atomic mass is 32.1. The molecule has 1 aromatic carbocycles. The van der Waals surface area contributed by atoms with Crippen molar-refractivity contribution in [1.82, 2.24) is 9.47 Å². The highest BCUT2D eigenvalue weighted by Gasteiger charge is 2.13. The Morgan fingerprint density at radius 1 is 1.25 bits per heavy atom. The number of morpholine rings is 1. The van der Waals surface area contributed by atoms with Crippen molar-refractivity contribution >= 4 is 23.0 Å². The monoisotopic (exact) mass is 403 g/mol. The maximum absolute atomic E-state index is 12.0. The van der Waals surface area contributed by atoms with Gasteiger partial charge in [-0.15, -0.1) is 11.3 Å². The molecule has 0 radical (unpaired) electrons. The fraction of sp³-hybridized carbons (Fsp3) is 0.524. The third-order valence-corrected chi connectivity index (χ3v) is 5.71. The van der Waals surface area contributed by atoms with Gasteiger partial charge in [0.1, 0.15) is 0 Å². The lowest BCUT2D eigenvalue weighted by Crippen LogP contribution is -2.37. The fourth-order valence-corrected chi connectivity index (χ4v) is 4.20. The lowest BCUT2D eigenvalue weighted by Gasteiger charge is -2.26. The van der Waals surface area contributed by atoms with E-state index in [9.17, 15) is 4.79 Å². The van der Waals surface area contributed by atoms with Gasteiger partial charge in [0.2, 0.25) is 0 Å². The van der Waals surface area contributed by atoms with Gasteiger partial charge in [-0.25, -0.2) is 4.99 Å². The molecule has 0 saturated carbocycles. The molecule has 0 bridgehead atoms. The Bertz CT molecular complexity index is 837. The summed E-state index contributed by atoms with van der Waals surface area (Å²) < 4.78 is 12.7. The van der Waals surface area contributed by atoms with Crippen LogP contribution in [-0.4, -0.2) is 54.9 Å². The predicted molar refractivity (Wildman–Crippen MR) is 111 cm³/mol. The first-order valence-electron chi connectivity index (χ1n) is 9.90. The van der Waals surface area contributed by atoms with Crippen LogP contribution in [0.15, 0.2) is 34.6 Å². The van der Waals surface area contributed by atoms with Crippen LogP contribution in [0.4, 0.5) is 5.69 Å². The Labute approximate surface area is 170 Å². The van der Waals surface area contributed by atoms with Crippen molar-refractivity contribution in [1.29, 1.82) is 0 Å². The topological polar surface area (TPSA) is 56.1 Å². The summed E-state index contributed by atoms with van der Waals surface area (Å²) in [6, 6.07) is 8.11. The van der Waals surface area contributed by atoms with Crippen molar-refractivity contribution < 1.29 is 14.3 Å². The second-order valence-electron chi connectivity index (χ2n) is 6.85. The summed E-state index contributed by atoms with van der Waals surface area (Å²) in [6.07, 6.45) is 1.29. The van der Waals surface area contributed by atoms with Gasteiger partial charge in [-0.2, -0.15) is 0 Å². The van der Waals surface area contributed by atoms with E-state index in [-0.39, 0.29) is 12.4 Å². The minimum Gasteiger partial charge on any atom is -0.466 e. The third kappa shape index (κ3) is 5.77. The number of aromatic nitrogens is 1. The number of thiazole rings is 1. The maximum atomic E-state index is 12.0. The number of nitrogens with zero attached hydrogens (tertiary/aromatic N) is 3. The van der Waals surface area contributed by atoms with Gasteiger partial charge in [0, 0.05) is 37.3 Å². The first-order valence-corrected chi connectivity index (χ1v) is 10.8. The summed E-state index contributed by atoms with van der Waals surface area (Å²) in [6.45, 7) is 9.77. The molecule has 28 heavy (non-hydrogen) atoms. The van der Waals surface area contributed by atoms with E-state index in [2.05, 4.69) is 22.5 Å². The van der Waals surface area contributed by atoms with Gasteiger partial charge in [0.05, 0.1) is 31.9 Å². The van der Waals surface area contributed by atoms with Crippen LogP contribution in [0.1, 0.15) is 24.6 Å². The van der Waals surface area contributed by atoms with Crippen molar-refractivity contribution in [3.63, 3.8) is 0 Å². The minimum absolute atomic E-state index is 0.190. The molecule has 1 fully saturated rings. The number of carbonyl (C=O) groups excluding carboxylic acids is 1. The number of esters is 1. The lowest BCUT2D eigenvalue weighted by molar-refractivity contribution is -0.142. The van der Waals surface area contributed by atoms with Crippen LogP contribution < -0.4 is 4.80 Å². The van der Waals surface area contributed by atoms with Gasteiger partial charge < -0.3 is 14.0 Å². The van der Waals surface area contributed by atoms with Gasteiger partial charge in [-0.3, -0.25) is 9.69 Å². The Morgan fingerprint density at radius 3 is 2.79 bits per heavy atom. The smallest absolute Gasteiger partial charge is 0.311 e. The quantitative estimate of drug-likeness (QED) is 0.636. The van der Waals surface area contributed by atoms with Gasteiger partial charge in [-0.1, -0.05) is 18.2 Å². The molecule has 1 aromatic heterocycles. The number of aryl methyl sites for hydroxylation is 1. The number of ether oxygens (including phenoxy) is 2. The standard InChI is InChI=1S/C21H29N3O3S/c1-3-27-20(25)15-18-16-28-21(22-19-8-5-4-7-17(19)2)24(18)10-6-9-23-11-13-26-14-12-23/h4-5,7-8,16H,3,6,9-15H2,1-2H3. The van der Waals surface area contributed by atoms with E-state index >= 15 is 0 Å². The van der Waals surface area contributed by atoms with Crippen LogP contribution in [0.5, 0.6) is 0 Å². The van der Waals surface area contributed by atoms with Crippen LogP contribution in [0.2, 0.25) is 0 Å². The molecule has 3 rings (SSSR count). The van der Waals surface area contributed by atoms with Crippen molar-refractivity contribution in [3.05, 3.63) is 45.7 Å². The van der Waals surface area contributed by atoms with Crippen LogP contribution in [-0.2, 0) is 27.2 Å². The van der Waals surface area contributed by atoms with Crippen LogP contribution in [0, 0.1) is 6.92 Å². The summed E-state index contributed by atoms with van der Waals surface area (Å²) in [4.78, 5) is 20.3. The molecule has 152 valence electrons. The van der Waals surface area contributed by atoms with E-state index in [0.29, 0.717) is 6.61 Å². The molecule has 2 heterocycles. The van der Waals surface area contributed by atoms with E-state index in [1.54, 1.807) is 11.3 Å². The molecule has 2 aromatic rings.